The van der Waals surface area contributed by atoms with Crippen molar-refractivity contribution in [1.29, 1.82) is 0 Å². The fourth-order valence-corrected chi connectivity index (χ4v) is 2.76. The van der Waals surface area contributed by atoms with E-state index in [1.807, 2.05) is 25.1 Å². The van der Waals surface area contributed by atoms with E-state index in [1.165, 1.54) is 0 Å². The summed E-state index contributed by atoms with van der Waals surface area (Å²) in [6.07, 6.45) is 5.39. The Morgan fingerprint density at radius 3 is 2.36 bits per heavy atom. The van der Waals surface area contributed by atoms with Crippen LogP contribution in [0, 0.1) is 0 Å². The largest absolute Gasteiger partial charge is 0.423 e. The third kappa shape index (κ3) is 4.31. The second-order valence-electron chi connectivity index (χ2n) is 7.00. The van der Waals surface area contributed by atoms with Crippen LogP contribution in [0.2, 0.25) is 0 Å². The van der Waals surface area contributed by atoms with Crippen molar-refractivity contribution >= 4 is 0 Å². The van der Waals surface area contributed by atoms with E-state index in [9.17, 15) is 0 Å². The number of aromatic nitrogens is 3. The number of benzene rings is 1. The summed E-state index contributed by atoms with van der Waals surface area (Å²) in [7, 11) is 0. The summed E-state index contributed by atoms with van der Waals surface area (Å²) in [6, 6.07) is 14.7. The van der Waals surface area contributed by atoms with Gasteiger partial charge in [-0.15, -0.1) is 10.2 Å². The molecule has 0 fully saturated rings. The number of hydrogen-bond acceptors (Lipinski definition) is 4. The molecule has 5 nitrogen and oxygen atoms in total. The molecule has 0 aliphatic heterocycles. The van der Waals surface area contributed by atoms with Crippen LogP contribution in [0.5, 0.6) is 0 Å². The molecular formula is C20H25N4O+. The van der Waals surface area contributed by atoms with Crippen molar-refractivity contribution in [3.05, 3.63) is 77.8 Å². The molecule has 0 aliphatic rings. The van der Waals surface area contributed by atoms with Gasteiger partial charge in [-0.1, -0.05) is 30.3 Å². The molecule has 0 aliphatic carbocycles. The number of hydrogen-bond donors (Lipinski definition) is 1. The Balaban J connectivity index is 1.71. The lowest BCUT2D eigenvalue weighted by molar-refractivity contribution is -0.716. The summed E-state index contributed by atoms with van der Waals surface area (Å²) < 4.78 is 8.00. The maximum Gasteiger partial charge on any atom is 0.236 e. The molecule has 0 amide bonds. The Morgan fingerprint density at radius 2 is 1.72 bits per heavy atom. The molecule has 0 bridgehead atoms. The van der Waals surface area contributed by atoms with Gasteiger partial charge in [-0.3, -0.25) is 0 Å². The molecule has 2 heterocycles. The molecule has 0 unspecified atom stereocenters. The predicted octanol–water partition coefficient (Wildman–Crippen LogP) is 2.95. The van der Waals surface area contributed by atoms with Crippen LogP contribution in [-0.4, -0.2) is 10.2 Å². The first-order valence-electron chi connectivity index (χ1n) is 8.59. The molecule has 2 aromatic heterocycles. The Morgan fingerprint density at radius 1 is 1.04 bits per heavy atom. The summed E-state index contributed by atoms with van der Waals surface area (Å²) in [5.74, 6) is 1.06. The minimum Gasteiger partial charge on any atom is -0.423 e. The molecular weight excluding hydrogens is 312 g/mol. The lowest BCUT2D eigenvalue weighted by Gasteiger charge is -2.20. The van der Waals surface area contributed by atoms with E-state index < -0.39 is 5.54 Å². The summed E-state index contributed by atoms with van der Waals surface area (Å²) in [5, 5.41) is 8.35. The molecule has 130 valence electrons. The van der Waals surface area contributed by atoms with Crippen molar-refractivity contribution in [3.63, 3.8) is 0 Å². The average Bonchev–Trinajstić information content (AvgIpc) is 3.05. The molecule has 25 heavy (non-hydrogen) atoms. The molecule has 2 N–H and O–H groups in total. The molecule has 5 heteroatoms. The lowest BCUT2D eigenvalue weighted by atomic mass is 9.94. The maximum atomic E-state index is 6.43. The third-order valence-electron chi connectivity index (χ3n) is 4.24. The van der Waals surface area contributed by atoms with Crippen LogP contribution in [-0.2, 0) is 18.4 Å². The number of nitrogens with zero attached hydrogens (tertiary/aromatic N) is 3. The van der Waals surface area contributed by atoms with E-state index in [1.54, 1.807) is 0 Å². The van der Waals surface area contributed by atoms with Crippen LogP contribution in [0.4, 0.5) is 0 Å². The van der Waals surface area contributed by atoms with E-state index in [0.717, 1.165) is 11.1 Å². The highest BCUT2D eigenvalue weighted by molar-refractivity contribution is 5.19. The predicted molar refractivity (Wildman–Crippen MR) is 95.8 cm³/mol. The first-order valence-corrected chi connectivity index (χ1v) is 8.59. The van der Waals surface area contributed by atoms with Gasteiger partial charge in [0.15, 0.2) is 18.4 Å². The molecule has 0 radical (unpaired) electrons. The summed E-state index contributed by atoms with van der Waals surface area (Å²) in [6.45, 7) is 6.23. The number of nitrogens with two attached hydrogens (primary N) is 1. The molecule has 0 saturated heterocycles. The smallest absolute Gasteiger partial charge is 0.236 e. The molecule has 0 spiro atoms. The van der Waals surface area contributed by atoms with Crippen LogP contribution in [0.25, 0.3) is 0 Å². The average molecular weight is 337 g/mol. The van der Waals surface area contributed by atoms with Gasteiger partial charge in [-0.05, 0) is 38.3 Å². The van der Waals surface area contributed by atoms with E-state index in [4.69, 9.17) is 10.2 Å². The highest BCUT2D eigenvalue weighted by atomic mass is 16.4. The minimum absolute atomic E-state index is 0.444. The summed E-state index contributed by atoms with van der Waals surface area (Å²) in [4.78, 5) is 0. The fourth-order valence-electron chi connectivity index (χ4n) is 2.76. The summed E-state index contributed by atoms with van der Waals surface area (Å²) >= 11 is 0. The third-order valence-corrected chi connectivity index (χ3v) is 4.24. The summed E-state index contributed by atoms with van der Waals surface area (Å²) in [5.41, 5.74) is 8.02. The number of rotatable bonds is 6. The second-order valence-corrected chi connectivity index (χ2v) is 7.00. The van der Waals surface area contributed by atoms with Crippen molar-refractivity contribution < 1.29 is 8.98 Å². The van der Waals surface area contributed by atoms with Crippen LogP contribution in [0.1, 0.15) is 49.7 Å². The van der Waals surface area contributed by atoms with E-state index >= 15 is 0 Å². The van der Waals surface area contributed by atoms with Gasteiger partial charge in [0.1, 0.15) is 0 Å². The van der Waals surface area contributed by atoms with Gasteiger partial charge in [-0.25, -0.2) is 4.57 Å². The first kappa shape index (κ1) is 17.3. The second kappa shape index (κ2) is 7.15. The Kier molecular flexibility index (Phi) is 4.95. The van der Waals surface area contributed by atoms with E-state index in [-0.39, 0.29) is 0 Å². The molecule has 3 aromatic rings. The maximum absolute atomic E-state index is 6.43. The SMILES string of the molecule is CC(C)[n+]1ccc(Cc2nnc([C@](C)(N)Cc3ccccc3)o2)cc1. The first-order chi connectivity index (χ1) is 11.9. The van der Waals surface area contributed by atoms with Crippen LogP contribution >= 0.6 is 0 Å². The Bertz CT molecular complexity index is 807. The van der Waals surface area contributed by atoms with Gasteiger partial charge in [-0.2, -0.15) is 0 Å². The van der Waals surface area contributed by atoms with Crippen LogP contribution in [0.15, 0.2) is 59.3 Å². The monoisotopic (exact) mass is 337 g/mol. The van der Waals surface area contributed by atoms with E-state index in [2.05, 4.69) is 65.3 Å². The Hall–Kier alpha value is -2.53. The van der Waals surface area contributed by atoms with Gasteiger partial charge in [0.2, 0.25) is 11.8 Å². The normalized spacial score (nSPS) is 13.8. The standard InChI is InChI=1S/C20H25N4O/c1-15(2)24-11-9-16(10-12-24)13-18-22-23-19(25-18)20(3,21)14-17-7-5-4-6-8-17/h4-12,15H,13-14,21H2,1-3H3/q+1/t20-/m1/s1. The van der Waals surface area contributed by atoms with E-state index in [0.29, 0.717) is 30.7 Å². The highest BCUT2D eigenvalue weighted by Gasteiger charge is 2.28. The van der Waals surface area contributed by atoms with Crippen molar-refractivity contribution in [2.45, 2.75) is 45.2 Å². The molecule has 1 atom stereocenters. The quantitative estimate of drug-likeness (QED) is 0.702. The van der Waals surface area contributed by atoms with Crippen molar-refractivity contribution in [3.8, 4) is 0 Å². The topological polar surface area (TPSA) is 68.8 Å². The van der Waals surface area contributed by atoms with Crippen molar-refractivity contribution in [2.24, 2.45) is 5.73 Å². The molecule has 1 aromatic carbocycles. The lowest BCUT2D eigenvalue weighted by Crippen LogP contribution is -2.35. The van der Waals surface area contributed by atoms with Crippen molar-refractivity contribution in [1.82, 2.24) is 10.2 Å². The van der Waals surface area contributed by atoms with Gasteiger partial charge in [0.25, 0.3) is 0 Å². The van der Waals surface area contributed by atoms with Gasteiger partial charge in [0, 0.05) is 12.1 Å². The fraction of sp³-hybridized carbons (Fsp3) is 0.350. The number of pyridine rings is 1. The van der Waals surface area contributed by atoms with Gasteiger partial charge < -0.3 is 10.2 Å². The van der Waals surface area contributed by atoms with Crippen LogP contribution < -0.4 is 10.3 Å². The van der Waals surface area contributed by atoms with Crippen LogP contribution in [0.3, 0.4) is 0 Å². The highest BCUT2D eigenvalue weighted by Crippen LogP contribution is 2.22. The zero-order valence-corrected chi connectivity index (χ0v) is 15.0. The Labute approximate surface area is 148 Å². The molecule has 0 saturated carbocycles. The van der Waals surface area contributed by atoms with Crippen molar-refractivity contribution in [2.75, 3.05) is 0 Å². The zero-order chi connectivity index (χ0) is 17.9. The molecule has 3 rings (SSSR count). The van der Waals surface area contributed by atoms with Gasteiger partial charge in [0.05, 0.1) is 12.0 Å². The zero-order valence-electron chi connectivity index (χ0n) is 15.0. The van der Waals surface area contributed by atoms with Gasteiger partial charge >= 0.3 is 0 Å². The minimum atomic E-state index is -0.691.